The van der Waals surface area contributed by atoms with Crippen LogP contribution >= 0.6 is 0 Å². The molecule has 1 aromatic heterocycles. The summed E-state index contributed by atoms with van der Waals surface area (Å²) in [5, 5.41) is 11.9. The molecule has 0 atom stereocenters. The lowest BCUT2D eigenvalue weighted by molar-refractivity contribution is -0.140. The number of rotatable bonds is 4. The third-order valence-corrected chi connectivity index (χ3v) is 4.97. The monoisotopic (exact) mass is 356 g/mol. The lowest BCUT2D eigenvalue weighted by atomic mass is 10.2. The summed E-state index contributed by atoms with van der Waals surface area (Å²) in [4.78, 5) is 23.9. The van der Waals surface area contributed by atoms with Gasteiger partial charge in [-0.1, -0.05) is 0 Å². The van der Waals surface area contributed by atoms with Gasteiger partial charge >= 0.3 is 5.97 Å². The average Bonchev–Trinajstić information content (AvgIpc) is 3.34. The van der Waals surface area contributed by atoms with Crippen molar-refractivity contribution in [2.24, 2.45) is 0 Å². The van der Waals surface area contributed by atoms with E-state index in [2.05, 4.69) is 5.32 Å². The second kappa shape index (κ2) is 5.79. The Morgan fingerprint density at radius 2 is 1.81 bits per heavy atom. The number of fused-ring (bicyclic) bond motifs is 1. The molecule has 1 aromatic carbocycles. The van der Waals surface area contributed by atoms with Gasteiger partial charge in [0.1, 0.15) is 18.8 Å². The average molecular weight is 356 g/mol. The van der Waals surface area contributed by atoms with Crippen molar-refractivity contribution in [3.63, 3.8) is 0 Å². The number of aromatic nitrogens is 1. The summed E-state index contributed by atoms with van der Waals surface area (Å²) in [7, 11) is 0. The van der Waals surface area contributed by atoms with Gasteiger partial charge in [-0.3, -0.25) is 4.79 Å². The minimum atomic E-state index is -1.10. The largest absolute Gasteiger partial charge is 0.486 e. The molecule has 2 N–H and O–H groups in total. The maximum Gasteiger partial charge on any atom is 0.329 e. The number of aryl methyl sites for hydroxylation is 1. The summed E-state index contributed by atoms with van der Waals surface area (Å²) < 4.78 is 13.1. The fraction of sp³-hybridized carbons (Fsp3) is 0.368. The standard InChI is InChI=1S/C19H20N2O5/c1-11-9-14(17(22)20-19(5-6-19)18(23)24)12(2)21(11)13-3-4-15-16(10-13)26-8-7-25-15/h3-4,9-10H,5-8H2,1-2H3,(H,20,22)(H,23,24). The first-order chi connectivity index (χ1) is 12.4. The normalized spacial score (nSPS) is 16.8. The summed E-state index contributed by atoms with van der Waals surface area (Å²) in [5.74, 6) is 0.0425. The van der Waals surface area contributed by atoms with Crippen molar-refractivity contribution in [1.29, 1.82) is 0 Å². The van der Waals surface area contributed by atoms with Crippen LogP contribution in [-0.4, -0.2) is 40.3 Å². The maximum atomic E-state index is 12.6. The Bertz CT molecular complexity index is 911. The molecule has 7 heteroatoms. The number of benzene rings is 1. The molecule has 0 bridgehead atoms. The third kappa shape index (κ3) is 2.60. The Labute approximate surface area is 150 Å². The molecule has 26 heavy (non-hydrogen) atoms. The molecule has 1 aliphatic carbocycles. The highest BCUT2D eigenvalue weighted by atomic mass is 16.6. The van der Waals surface area contributed by atoms with Crippen molar-refractivity contribution in [1.82, 2.24) is 9.88 Å². The first-order valence-corrected chi connectivity index (χ1v) is 8.56. The Morgan fingerprint density at radius 3 is 2.46 bits per heavy atom. The van der Waals surface area contributed by atoms with E-state index < -0.39 is 11.5 Å². The van der Waals surface area contributed by atoms with Gasteiger partial charge in [-0.15, -0.1) is 0 Å². The van der Waals surface area contributed by atoms with E-state index in [1.54, 1.807) is 6.07 Å². The fourth-order valence-electron chi connectivity index (χ4n) is 3.36. The highest BCUT2D eigenvalue weighted by Crippen LogP contribution is 2.37. The number of nitrogens with zero attached hydrogens (tertiary/aromatic N) is 1. The molecule has 4 rings (SSSR count). The van der Waals surface area contributed by atoms with Gasteiger partial charge in [-0.05, 0) is 44.9 Å². The summed E-state index contributed by atoms with van der Waals surface area (Å²) in [5.41, 5.74) is 1.87. The summed E-state index contributed by atoms with van der Waals surface area (Å²) in [6.07, 6.45) is 0.934. The molecule has 0 saturated heterocycles. The van der Waals surface area contributed by atoms with Crippen molar-refractivity contribution in [2.45, 2.75) is 32.2 Å². The van der Waals surface area contributed by atoms with Gasteiger partial charge in [-0.25, -0.2) is 4.79 Å². The molecular formula is C19H20N2O5. The van der Waals surface area contributed by atoms with E-state index in [4.69, 9.17) is 9.47 Å². The molecule has 0 radical (unpaired) electrons. The Morgan fingerprint density at radius 1 is 1.12 bits per heavy atom. The number of hydrogen-bond donors (Lipinski definition) is 2. The zero-order valence-corrected chi connectivity index (χ0v) is 14.7. The van der Waals surface area contributed by atoms with E-state index in [1.807, 2.05) is 36.6 Å². The first-order valence-electron chi connectivity index (χ1n) is 8.56. The molecule has 2 heterocycles. The van der Waals surface area contributed by atoms with E-state index in [0.29, 0.717) is 43.1 Å². The van der Waals surface area contributed by atoms with E-state index in [-0.39, 0.29) is 5.91 Å². The molecule has 1 saturated carbocycles. The number of ether oxygens (including phenoxy) is 2. The number of carbonyl (C=O) groups excluding carboxylic acids is 1. The minimum absolute atomic E-state index is 0.359. The predicted molar refractivity (Wildman–Crippen MR) is 93.3 cm³/mol. The second-order valence-electron chi connectivity index (χ2n) is 6.79. The minimum Gasteiger partial charge on any atom is -0.486 e. The lowest BCUT2D eigenvalue weighted by Gasteiger charge is -2.20. The molecule has 7 nitrogen and oxygen atoms in total. The first kappa shape index (κ1) is 16.5. The zero-order chi connectivity index (χ0) is 18.5. The summed E-state index contributed by atoms with van der Waals surface area (Å²) >= 11 is 0. The van der Waals surface area contributed by atoms with E-state index >= 15 is 0 Å². The van der Waals surface area contributed by atoms with E-state index in [1.165, 1.54) is 0 Å². The molecule has 1 fully saturated rings. The van der Waals surface area contributed by atoms with Gasteiger partial charge in [0.2, 0.25) is 0 Å². The zero-order valence-electron chi connectivity index (χ0n) is 14.7. The number of carboxylic acids is 1. The third-order valence-electron chi connectivity index (χ3n) is 4.97. The van der Waals surface area contributed by atoms with Crippen LogP contribution in [0.1, 0.15) is 34.6 Å². The topological polar surface area (TPSA) is 89.8 Å². The van der Waals surface area contributed by atoms with Crippen LogP contribution in [0.3, 0.4) is 0 Å². The van der Waals surface area contributed by atoms with Crippen molar-refractivity contribution >= 4 is 11.9 Å². The number of hydrogen-bond acceptors (Lipinski definition) is 4. The van der Waals surface area contributed by atoms with Crippen LogP contribution in [0.25, 0.3) is 5.69 Å². The van der Waals surface area contributed by atoms with Gasteiger partial charge in [0.25, 0.3) is 5.91 Å². The van der Waals surface area contributed by atoms with E-state index in [0.717, 1.165) is 17.1 Å². The number of carbonyl (C=O) groups is 2. The summed E-state index contributed by atoms with van der Waals surface area (Å²) in [6.45, 7) is 4.79. The second-order valence-corrected chi connectivity index (χ2v) is 6.79. The van der Waals surface area contributed by atoms with Gasteiger partial charge in [-0.2, -0.15) is 0 Å². The SMILES string of the molecule is Cc1cc(C(=O)NC2(C(=O)O)CC2)c(C)n1-c1ccc2c(c1)OCCO2. The Hall–Kier alpha value is -2.96. The molecule has 1 aliphatic heterocycles. The van der Waals surface area contributed by atoms with E-state index in [9.17, 15) is 14.7 Å². The van der Waals surface area contributed by atoms with Crippen LogP contribution in [-0.2, 0) is 4.79 Å². The van der Waals surface area contributed by atoms with Gasteiger partial charge < -0.3 is 24.5 Å². The van der Waals surface area contributed by atoms with Gasteiger partial charge in [0.15, 0.2) is 11.5 Å². The molecular weight excluding hydrogens is 336 g/mol. The molecule has 2 aliphatic rings. The Balaban J connectivity index is 1.67. The summed E-state index contributed by atoms with van der Waals surface area (Å²) in [6, 6.07) is 7.43. The van der Waals surface area contributed by atoms with Crippen LogP contribution in [0.4, 0.5) is 0 Å². The van der Waals surface area contributed by atoms with Crippen LogP contribution < -0.4 is 14.8 Å². The van der Waals surface area contributed by atoms with Crippen molar-refractivity contribution < 1.29 is 24.2 Å². The number of nitrogens with one attached hydrogen (secondary N) is 1. The van der Waals surface area contributed by atoms with Crippen LogP contribution in [0.2, 0.25) is 0 Å². The highest BCUT2D eigenvalue weighted by molar-refractivity contribution is 6.00. The molecule has 1 amide bonds. The molecule has 136 valence electrons. The van der Waals surface area contributed by atoms with Crippen molar-refractivity contribution in [3.8, 4) is 17.2 Å². The van der Waals surface area contributed by atoms with Gasteiger partial charge in [0, 0.05) is 23.1 Å². The molecule has 0 unspecified atom stereocenters. The predicted octanol–water partition coefficient (Wildman–Crippen LogP) is 2.21. The molecule has 2 aromatic rings. The van der Waals surface area contributed by atoms with Crippen LogP contribution in [0.5, 0.6) is 11.5 Å². The smallest absolute Gasteiger partial charge is 0.329 e. The quantitative estimate of drug-likeness (QED) is 0.877. The van der Waals surface area contributed by atoms with Crippen molar-refractivity contribution in [3.05, 3.63) is 41.2 Å². The van der Waals surface area contributed by atoms with Crippen molar-refractivity contribution in [2.75, 3.05) is 13.2 Å². The molecule has 0 spiro atoms. The van der Waals surface area contributed by atoms with Gasteiger partial charge in [0.05, 0.1) is 5.56 Å². The van der Waals surface area contributed by atoms with Crippen LogP contribution in [0.15, 0.2) is 24.3 Å². The fourth-order valence-corrected chi connectivity index (χ4v) is 3.36. The van der Waals surface area contributed by atoms with Crippen LogP contribution in [0, 0.1) is 13.8 Å². The lowest BCUT2D eigenvalue weighted by Crippen LogP contribution is -2.43. The maximum absolute atomic E-state index is 12.6. The highest BCUT2D eigenvalue weighted by Gasteiger charge is 2.51. The number of amides is 1. The number of aliphatic carboxylic acids is 1. The number of carboxylic acid groups (broad SMARTS) is 1. The Kier molecular flexibility index (Phi) is 3.68.